The Morgan fingerprint density at radius 1 is 1.36 bits per heavy atom. The van der Waals surface area contributed by atoms with Crippen molar-refractivity contribution in [2.45, 2.75) is 32.6 Å². The molecule has 0 saturated heterocycles. The van der Waals surface area contributed by atoms with E-state index in [1.54, 1.807) is 13.0 Å². The second kappa shape index (κ2) is 6.31. The van der Waals surface area contributed by atoms with Gasteiger partial charge in [-0.05, 0) is 44.2 Å². The zero-order chi connectivity index (χ0) is 15.5. The molecule has 22 heavy (non-hydrogen) atoms. The van der Waals surface area contributed by atoms with E-state index in [-0.39, 0.29) is 6.61 Å². The van der Waals surface area contributed by atoms with Crippen LogP contribution < -0.4 is 5.32 Å². The summed E-state index contributed by atoms with van der Waals surface area (Å²) in [5.74, 6) is 0.00968. The molecule has 116 valence electrons. The number of ether oxygens (including phenoxy) is 1. The molecule has 1 aliphatic rings. The minimum absolute atomic E-state index is 0.310. The highest BCUT2D eigenvalue weighted by Crippen LogP contribution is 2.29. The van der Waals surface area contributed by atoms with Crippen molar-refractivity contribution in [3.8, 4) is 0 Å². The van der Waals surface area contributed by atoms with E-state index in [2.05, 4.69) is 10.5 Å². The molecule has 1 aliphatic carbocycles. The van der Waals surface area contributed by atoms with Crippen molar-refractivity contribution in [3.05, 3.63) is 33.2 Å². The minimum atomic E-state index is -0.453. The lowest BCUT2D eigenvalue weighted by atomic mass is 9.99. The van der Waals surface area contributed by atoms with E-state index in [0.29, 0.717) is 16.5 Å². The van der Waals surface area contributed by atoms with Gasteiger partial charge in [0.1, 0.15) is 10.6 Å². The Hall–Kier alpha value is -2.15. The Bertz CT molecular complexity index is 681. The van der Waals surface area contributed by atoms with E-state index in [0.717, 1.165) is 19.3 Å². The van der Waals surface area contributed by atoms with Crippen LogP contribution in [0.4, 0.5) is 5.82 Å². The number of hydrogen-bond acceptors (Lipinski definition) is 6. The molecule has 2 aromatic rings. The molecule has 6 nitrogen and oxygen atoms in total. The first kappa shape index (κ1) is 14.8. The Morgan fingerprint density at radius 3 is 2.91 bits per heavy atom. The molecule has 3 rings (SSSR count). The molecule has 0 aromatic carbocycles. The number of nitrogens with zero attached hydrogens (tertiary/aromatic N) is 1. The lowest BCUT2D eigenvalue weighted by Gasteiger charge is -2.08. The number of aromatic nitrogens is 1. The molecule has 0 atom stereocenters. The van der Waals surface area contributed by atoms with Gasteiger partial charge in [-0.25, -0.2) is 4.79 Å². The van der Waals surface area contributed by atoms with Crippen molar-refractivity contribution in [1.82, 2.24) is 5.16 Å². The highest BCUT2D eigenvalue weighted by atomic mass is 32.1. The van der Waals surface area contributed by atoms with Crippen LogP contribution in [-0.2, 0) is 22.4 Å². The molecular formula is C15H16N2O4S. The third-order valence-electron chi connectivity index (χ3n) is 3.43. The Labute approximate surface area is 131 Å². The van der Waals surface area contributed by atoms with Gasteiger partial charge in [0.25, 0.3) is 5.91 Å². The van der Waals surface area contributed by atoms with Crippen LogP contribution >= 0.6 is 11.3 Å². The second-order valence-electron chi connectivity index (χ2n) is 5.21. The van der Waals surface area contributed by atoms with Gasteiger partial charge in [0, 0.05) is 10.9 Å². The van der Waals surface area contributed by atoms with Gasteiger partial charge in [-0.1, -0.05) is 5.16 Å². The van der Waals surface area contributed by atoms with Gasteiger partial charge in [0.15, 0.2) is 12.4 Å². The van der Waals surface area contributed by atoms with Crippen molar-refractivity contribution in [2.24, 2.45) is 0 Å². The summed E-state index contributed by atoms with van der Waals surface area (Å²) in [5.41, 5.74) is 1.24. The maximum Gasteiger partial charge on any atom is 0.348 e. The molecule has 7 heteroatoms. The maximum atomic E-state index is 12.0. The van der Waals surface area contributed by atoms with Gasteiger partial charge in [0.05, 0.1) is 0 Å². The monoisotopic (exact) mass is 320 g/mol. The van der Waals surface area contributed by atoms with Crippen molar-refractivity contribution in [3.63, 3.8) is 0 Å². The Morgan fingerprint density at radius 2 is 2.18 bits per heavy atom. The van der Waals surface area contributed by atoms with Crippen LogP contribution in [0.5, 0.6) is 0 Å². The largest absolute Gasteiger partial charge is 0.451 e. The number of esters is 1. The summed E-state index contributed by atoms with van der Waals surface area (Å²) in [6, 6.07) is 3.48. The fourth-order valence-electron chi connectivity index (χ4n) is 2.40. The third-order valence-corrected chi connectivity index (χ3v) is 4.64. The number of carbonyl (C=O) groups is 2. The van der Waals surface area contributed by atoms with Crippen LogP contribution in [0.15, 0.2) is 16.7 Å². The highest BCUT2D eigenvalue weighted by molar-refractivity contribution is 7.14. The van der Waals surface area contributed by atoms with Crippen molar-refractivity contribution >= 4 is 29.0 Å². The molecule has 2 aromatic heterocycles. The van der Waals surface area contributed by atoms with Gasteiger partial charge in [-0.3, -0.25) is 4.79 Å². The number of thiophene rings is 1. The van der Waals surface area contributed by atoms with Gasteiger partial charge in [0.2, 0.25) is 0 Å². The van der Waals surface area contributed by atoms with Crippen LogP contribution in [0.2, 0.25) is 0 Å². The average Bonchev–Trinajstić information content (AvgIpc) is 3.10. The summed E-state index contributed by atoms with van der Waals surface area (Å²) in [6.45, 7) is 1.38. The maximum absolute atomic E-state index is 12.0. The summed E-state index contributed by atoms with van der Waals surface area (Å²) in [7, 11) is 0. The summed E-state index contributed by atoms with van der Waals surface area (Å²) in [5, 5.41) is 6.14. The number of nitrogens with one attached hydrogen (secondary N) is 1. The molecule has 0 unspecified atom stereocenters. The molecule has 1 amide bonds. The number of amides is 1. The average molecular weight is 320 g/mol. The van der Waals surface area contributed by atoms with E-state index in [1.165, 1.54) is 28.2 Å². The van der Waals surface area contributed by atoms with Crippen LogP contribution in [0.3, 0.4) is 0 Å². The van der Waals surface area contributed by atoms with E-state index < -0.39 is 11.9 Å². The lowest BCUT2D eigenvalue weighted by Crippen LogP contribution is -2.20. The number of anilines is 1. The number of aryl methyl sites for hydroxylation is 3. The third kappa shape index (κ3) is 3.36. The molecule has 0 fully saturated rings. The summed E-state index contributed by atoms with van der Waals surface area (Å²) < 4.78 is 9.88. The fraction of sp³-hybridized carbons (Fsp3) is 0.400. The van der Waals surface area contributed by atoms with Gasteiger partial charge in [-0.15, -0.1) is 11.3 Å². The molecule has 0 bridgehead atoms. The van der Waals surface area contributed by atoms with E-state index in [4.69, 9.17) is 9.26 Å². The minimum Gasteiger partial charge on any atom is -0.451 e. The molecular weight excluding hydrogens is 304 g/mol. The van der Waals surface area contributed by atoms with Crippen LogP contribution in [-0.4, -0.2) is 23.6 Å². The lowest BCUT2D eigenvalue weighted by molar-refractivity contribution is -0.119. The summed E-state index contributed by atoms with van der Waals surface area (Å²) in [4.78, 5) is 25.5. The van der Waals surface area contributed by atoms with E-state index >= 15 is 0 Å². The number of rotatable bonds is 4. The molecule has 0 spiro atoms. The zero-order valence-corrected chi connectivity index (χ0v) is 13.0. The normalized spacial score (nSPS) is 13.5. The number of hydrogen-bond donors (Lipinski definition) is 1. The molecule has 1 N–H and O–H groups in total. The first-order valence-corrected chi connectivity index (χ1v) is 7.95. The van der Waals surface area contributed by atoms with Gasteiger partial charge < -0.3 is 14.6 Å². The fourth-order valence-corrected chi connectivity index (χ4v) is 3.55. The number of fused-ring (bicyclic) bond motifs is 1. The predicted molar refractivity (Wildman–Crippen MR) is 81.1 cm³/mol. The van der Waals surface area contributed by atoms with Crippen molar-refractivity contribution in [2.75, 3.05) is 11.9 Å². The SMILES string of the molecule is Cc1cc(NC(=O)COC(=O)c2cc3c(s2)CCCC3)no1. The van der Waals surface area contributed by atoms with Crippen LogP contribution in [0.1, 0.15) is 38.7 Å². The second-order valence-corrected chi connectivity index (χ2v) is 6.35. The summed E-state index contributed by atoms with van der Waals surface area (Å²) >= 11 is 1.47. The highest BCUT2D eigenvalue weighted by Gasteiger charge is 2.19. The Balaban J connectivity index is 1.53. The van der Waals surface area contributed by atoms with Gasteiger partial charge in [-0.2, -0.15) is 0 Å². The van der Waals surface area contributed by atoms with Crippen LogP contribution in [0, 0.1) is 6.92 Å². The predicted octanol–water partition coefficient (Wildman–Crippen LogP) is 2.72. The molecule has 2 heterocycles. The topological polar surface area (TPSA) is 81.4 Å². The van der Waals surface area contributed by atoms with Crippen molar-refractivity contribution < 1.29 is 18.8 Å². The van der Waals surface area contributed by atoms with Crippen LogP contribution in [0.25, 0.3) is 0 Å². The standard InChI is InChI=1S/C15H16N2O4S/c1-9-6-13(17-21-9)16-14(18)8-20-15(19)12-7-10-4-2-3-5-11(10)22-12/h6-7H,2-5,8H2,1H3,(H,16,17,18). The smallest absolute Gasteiger partial charge is 0.348 e. The van der Waals surface area contributed by atoms with E-state index in [9.17, 15) is 9.59 Å². The Kier molecular flexibility index (Phi) is 4.24. The number of carbonyl (C=O) groups excluding carboxylic acids is 2. The quantitative estimate of drug-likeness (QED) is 0.876. The first-order valence-electron chi connectivity index (χ1n) is 7.13. The van der Waals surface area contributed by atoms with Crippen molar-refractivity contribution in [1.29, 1.82) is 0 Å². The molecule has 0 aliphatic heterocycles. The zero-order valence-electron chi connectivity index (χ0n) is 12.2. The molecule has 0 radical (unpaired) electrons. The summed E-state index contributed by atoms with van der Waals surface area (Å²) in [6.07, 6.45) is 4.38. The first-order chi connectivity index (χ1) is 10.6. The molecule has 0 saturated carbocycles. The van der Waals surface area contributed by atoms with Gasteiger partial charge >= 0.3 is 5.97 Å². The van der Waals surface area contributed by atoms with E-state index in [1.807, 2.05) is 6.07 Å².